The normalized spacial score (nSPS) is 11.6. The number of aliphatic imine (C=N–C) groups is 1. The van der Waals surface area contributed by atoms with Crippen LogP contribution in [0.15, 0.2) is 72.0 Å². The summed E-state index contributed by atoms with van der Waals surface area (Å²) in [5.74, 6) is 0.730. The van der Waals surface area contributed by atoms with E-state index in [0.717, 1.165) is 15.8 Å². The van der Waals surface area contributed by atoms with Gasteiger partial charge in [-0.3, -0.25) is 4.57 Å². The molecular formula is C20H21F2N5. The highest BCUT2D eigenvalue weighted by molar-refractivity contribution is 5.93. The van der Waals surface area contributed by atoms with Crippen molar-refractivity contribution in [2.24, 2.45) is 4.99 Å². The summed E-state index contributed by atoms with van der Waals surface area (Å²) < 4.78 is 26.8. The monoisotopic (exact) mass is 369 g/mol. The smallest absolute Gasteiger partial charge is 0.319 e. The number of nitrogens with zero attached hydrogens (tertiary/aromatic N) is 3. The van der Waals surface area contributed by atoms with Gasteiger partial charge in [0.05, 0.1) is 13.1 Å². The lowest BCUT2D eigenvalue weighted by Gasteiger charge is -2.13. The highest BCUT2D eigenvalue weighted by Gasteiger charge is 2.11. The van der Waals surface area contributed by atoms with Crippen LogP contribution in [0.3, 0.4) is 0 Å². The Balaban J connectivity index is 1.73. The zero-order valence-electron chi connectivity index (χ0n) is 14.9. The summed E-state index contributed by atoms with van der Waals surface area (Å²) in [6, 6.07) is 17.6. The van der Waals surface area contributed by atoms with Gasteiger partial charge < -0.3 is 10.6 Å². The van der Waals surface area contributed by atoms with Gasteiger partial charge in [0, 0.05) is 18.1 Å². The minimum Gasteiger partial charge on any atom is -0.349 e. The van der Waals surface area contributed by atoms with Crippen molar-refractivity contribution in [2.75, 3.05) is 5.32 Å². The Labute approximate surface area is 156 Å². The number of hydrogen-bond acceptors (Lipinski definition) is 2. The molecule has 3 aromatic rings. The minimum absolute atomic E-state index is 0.129. The van der Waals surface area contributed by atoms with Gasteiger partial charge in [0.25, 0.3) is 0 Å². The average molecular weight is 369 g/mol. The standard InChI is InChI=1S/C20H21F2N5/c1-15-7-9-16(10-8-15)13-24-20(26-17-5-3-2-4-6-17)25-14-18-23-11-12-27(18)19(21)22/h2-12,19H,13-14H2,1H3,(H2,24,25,26). The number of rotatable bonds is 6. The summed E-state index contributed by atoms with van der Waals surface area (Å²) >= 11 is 0. The van der Waals surface area contributed by atoms with Crippen LogP contribution in [0.4, 0.5) is 14.5 Å². The maximum absolute atomic E-state index is 13.0. The van der Waals surface area contributed by atoms with Crippen molar-refractivity contribution in [3.8, 4) is 0 Å². The second-order valence-electron chi connectivity index (χ2n) is 6.02. The third-order valence-electron chi connectivity index (χ3n) is 3.95. The second kappa shape index (κ2) is 8.93. The third kappa shape index (κ3) is 5.37. The van der Waals surface area contributed by atoms with Crippen LogP contribution in [0.25, 0.3) is 0 Å². The van der Waals surface area contributed by atoms with Gasteiger partial charge in [-0.25, -0.2) is 9.98 Å². The molecule has 0 aliphatic carbocycles. The number of hydrogen-bond donors (Lipinski definition) is 2. The van der Waals surface area contributed by atoms with Crippen LogP contribution in [-0.2, 0) is 13.1 Å². The van der Waals surface area contributed by atoms with E-state index >= 15 is 0 Å². The molecule has 0 unspecified atom stereocenters. The van der Waals surface area contributed by atoms with E-state index in [2.05, 4.69) is 20.6 Å². The Morgan fingerprint density at radius 2 is 1.85 bits per heavy atom. The molecule has 1 heterocycles. The van der Waals surface area contributed by atoms with Crippen LogP contribution in [0.1, 0.15) is 23.5 Å². The number of guanidine groups is 1. The first-order valence-electron chi connectivity index (χ1n) is 8.57. The number of benzene rings is 2. The fourth-order valence-corrected chi connectivity index (χ4v) is 2.48. The molecule has 3 rings (SSSR count). The van der Waals surface area contributed by atoms with Crippen LogP contribution < -0.4 is 10.6 Å². The Kier molecular flexibility index (Phi) is 6.14. The summed E-state index contributed by atoms with van der Waals surface area (Å²) in [5, 5.41) is 6.26. The van der Waals surface area contributed by atoms with E-state index in [9.17, 15) is 8.78 Å². The molecule has 7 heteroatoms. The van der Waals surface area contributed by atoms with Gasteiger partial charge in [-0.1, -0.05) is 48.0 Å². The molecule has 1 aromatic heterocycles. The van der Waals surface area contributed by atoms with Crippen molar-refractivity contribution in [1.29, 1.82) is 0 Å². The Morgan fingerprint density at radius 1 is 1.11 bits per heavy atom. The lowest BCUT2D eigenvalue weighted by Crippen LogP contribution is -2.31. The maximum atomic E-state index is 13.0. The molecule has 0 saturated carbocycles. The number of anilines is 1. The molecule has 0 fully saturated rings. The van der Waals surface area contributed by atoms with Crippen LogP contribution in [0.5, 0.6) is 0 Å². The number of para-hydroxylation sites is 1. The molecule has 140 valence electrons. The maximum Gasteiger partial charge on any atom is 0.319 e. The largest absolute Gasteiger partial charge is 0.349 e. The summed E-state index contributed by atoms with van der Waals surface area (Å²) in [6.07, 6.45) is 2.62. The molecular weight excluding hydrogens is 348 g/mol. The van der Waals surface area contributed by atoms with E-state index < -0.39 is 6.55 Å². The number of imidazole rings is 1. The first-order valence-corrected chi connectivity index (χ1v) is 8.57. The van der Waals surface area contributed by atoms with E-state index in [-0.39, 0.29) is 12.4 Å². The zero-order chi connectivity index (χ0) is 19.1. The van der Waals surface area contributed by atoms with Gasteiger partial charge in [0.2, 0.25) is 0 Å². The first kappa shape index (κ1) is 18.6. The number of aromatic nitrogens is 2. The Hall–Kier alpha value is -3.22. The van der Waals surface area contributed by atoms with Crippen molar-refractivity contribution >= 4 is 11.6 Å². The van der Waals surface area contributed by atoms with Crippen molar-refractivity contribution in [3.05, 3.63) is 83.9 Å². The van der Waals surface area contributed by atoms with Crippen LogP contribution in [0, 0.1) is 6.92 Å². The Bertz CT molecular complexity index is 873. The van der Waals surface area contributed by atoms with Crippen LogP contribution >= 0.6 is 0 Å². The van der Waals surface area contributed by atoms with E-state index in [4.69, 9.17) is 0 Å². The zero-order valence-corrected chi connectivity index (χ0v) is 14.9. The SMILES string of the molecule is Cc1ccc(CN=C(NCc2nccn2C(F)F)Nc2ccccc2)cc1. The molecule has 0 aliphatic heterocycles. The van der Waals surface area contributed by atoms with E-state index in [1.807, 2.05) is 61.5 Å². The fourth-order valence-electron chi connectivity index (χ4n) is 2.48. The average Bonchev–Trinajstić information content (AvgIpc) is 3.15. The fraction of sp³-hybridized carbons (Fsp3) is 0.200. The summed E-state index contributed by atoms with van der Waals surface area (Å²) in [7, 11) is 0. The summed E-state index contributed by atoms with van der Waals surface area (Å²) in [5.41, 5.74) is 3.09. The molecule has 27 heavy (non-hydrogen) atoms. The first-order chi connectivity index (χ1) is 13.1. The number of alkyl halides is 2. The number of halogens is 2. The lowest BCUT2D eigenvalue weighted by molar-refractivity contribution is 0.0668. The van der Waals surface area contributed by atoms with Gasteiger partial charge in [-0.05, 0) is 24.6 Å². The molecule has 0 atom stereocenters. The predicted octanol–water partition coefficient (Wildman–Crippen LogP) is 4.34. The van der Waals surface area contributed by atoms with E-state index in [0.29, 0.717) is 12.5 Å². The van der Waals surface area contributed by atoms with Crippen LogP contribution in [-0.4, -0.2) is 15.5 Å². The third-order valence-corrected chi connectivity index (χ3v) is 3.95. The molecule has 0 bridgehead atoms. The van der Waals surface area contributed by atoms with Crippen molar-refractivity contribution in [2.45, 2.75) is 26.6 Å². The topological polar surface area (TPSA) is 54.2 Å². The highest BCUT2D eigenvalue weighted by atomic mass is 19.3. The van der Waals surface area contributed by atoms with Crippen molar-refractivity contribution < 1.29 is 8.78 Å². The highest BCUT2D eigenvalue weighted by Crippen LogP contribution is 2.12. The molecule has 0 saturated heterocycles. The van der Waals surface area contributed by atoms with Gasteiger partial charge in [-0.2, -0.15) is 8.78 Å². The molecule has 0 aliphatic rings. The van der Waals surface area contributed by atoms with Gasteiger partial charge in [0.1, 0.15) is 5.82 Å². The number of nitrogens with one attached hydrogen (secondary N) is 2. The van der Waals surface area contributed by atoms with Gasteiger partial charge >= 0.3 is 6.55 Å². The quantitative estimate of drug-likeness (QED) is 0.502. The molecule has 0 amide bonds. The molecule has 0 spiro atoms. The second-order valence-corrected chi connectivity index (χ2v) is 6.02. The lowest BCUT2D eigenvalue weighted by atomic mass is 10.1. The minimum atomic E-state index is -2.63. The summed E-state index contributed by atoms with van der Waals surface area (Å²) in [4.78, 5) is 8.54. The molecule has 0 radical (unpaired) electrons. The molecule has 2 N–H and O–H groups in total. The van der Waals surface area contributed by atoms with Crippen molar-refractivity contribution in [1.82, 2.24) is 14.9 Å². The van der Waals surface area contributed by atoms with E-state index in [1.165, 1.54) is 18.0 Å². The number of aryl methyl sites for hydroxylation is 1. The van der Waals surface area contributed by atoms with Gasteiger partial charge in [0.15, 0.2) is 5.96 Å². The van der Waals surface area contributed by atoms with Gasteiger partial charge in [-0.15, -0.1) is 0 Å². The summed E-state index contributed by atoms with van der Waals surface area (Å²) in [6.45, 7) is -0.00285. The van der Waals surface area contributed by atoms with E-state index in [1.54, 1.807) is 0 Å². The van der Waals surface area contributed by atoms with Crippen molar-refractivity contribution in [3.63, 3.8) is 0 Å². The van der Waals surface area contributed by atoms with Crippen LogP contribution in [0.2, 0.25) is 0 Å². The molecule has 2 aromatic carbocycles. The molecule has 5 nitrogen and oxygen atoms in total. The predicted molar refractivity (Wildman–Crippen MR) is 103 cm³/mol. The Morgan fingerprint density at radius 3 is 2.56 bits per heavy atom.